The van der Waals surface area contributed by atoms with Crippen LogP contribution in [0, 0.1) is 18.6 Å². The fraction of sp³-hybridized carbons (Fsp3) is 0.167. The Balaban J connectivity index is 1.72. The van der Waals surface area contributed by atoms with Crippen molar-refractivity contribution in [1.29, 1.82) is 0 Å². The van der Waals surface area contributed by atoms with Crippen LogP contribution in [-0.2, 0) is 17.9 Å². The van der Waals surface area contributed by atoms with E-state index in [1.54, 1.807) is 6.92 Å². The van der Waals surface area contributed by atoms with Gasteiger partial charge in [-0.25, -0.2) is 18.3 Å². The molecule has 2 aromatic carbocycles. The first-order valence-corrected chi connectivity index (χ1v) is 7.60. The molecule has 7 heteroatoms. The molecular formula is C18H15F2N3O2. The molecule has 5 nitrogen and oxygen atoms in total. The molecule has 0 N–H and O–H groups in total. The van der Waals surface area contributed by atoms with E-state index in [4.69, 9.17) is 4.74 Å². The molecular weight excluding hydrogens is 328 g/mol. The van der Waals surface area contributed by atoms with Crippen LogP contribution in [-0.4, -0.2) is 21.0 Å². The average molecular weight is 343 g/mol. The molecule has 3 aromatic rings. The summed E-state index contributed by atoms with van der Waals surface area (Å²) < 4.78 is 33.6. The Kier molecular flexibility index (Phi) is 4.83. The highest BCUT2D eigenvalue weighted by atomic mass is 19.2. The molecule has 0 saturated heterocycles. The first kappa shape index (κ1) is 16.8. The second-order valence-corrected chi connectivity index (χ2v) is 5.46. The van der Waals surface area contributed by atoms with Gasteiger partial charge in [0.2, 0.25) is 0 Å². The highest BCUT2D eigenvalue weighted by Crippen LogP contribution is 2.15. The van der Waals surface area contributed by atoms with E-state index in [1.165, 1.54) is 16.8 Å². The Bertz CT molecular complexity index is 895. The van der Waals surface area contributed by atoms with Gasteiger partial charge in [0.05, 0.1) is 12.2 Å². The lowest BCUT2D eigenvalue weighted by Gasteiger charge is -2.06. The van der Waals surface area contributed by atoms with Crippen LogP contribution in [0.25, 0.3) is 0 Å². The fourth-order valence-electron chi connectivity index (χ4n) is 2.32. The summed E-state index contributed by atoms with van der Waals surface area (Å²) in [4.78, 5) is 12.2. The summed E-state index contributed by atoms with van der Waals surface area (Å²) in [5.41, 5.74) is 1.44. The van der Waals surface area contributed by atoms with Gasteiger partial charge in [-0.05, 0) is 18.6 Å². The number of aromatic nitrogens is 3. The van der Waals surface area contributed by atoms with Gasteiger partial charge in [-0.2, -0.15) is 0 Å². The van der Waals surface area contributed by atoms with E-state index in [9.17, 15) is 13.6 Å². The van der Waals surface area contributed by atoms with Gasteiger partial charge in [-0.3, -0.25) is 0 Å². The summed E-state index contributed by atoms with van der Waals surface area (Å²) in [6.07, 6.45) is 0. The van der Waals surface area contributed by atoms with Crippen LogP contribution in [0.3, 0.4) is 0 Å². The molecule has 25 heavy (non-hydrogen) atoms. The highest BCUT2D eigenvalue weighted by Gasteiger charge is 2.19. The van der Waals surface area contributed by atoms with E-state index in [2.05, 4.69) is 10.3 Å². The molecule has 0 aliphatic rings. The number of hydrogen-bond donors (Lipinski definition) is 0. The molecule has 0 aliphatic heterocycles. The predicted molar refractivity (Wildman–Crippen MR) is 85.8 cm³/mol. The van der Waals surface area contributed by atoms with Gasteiger partial charge in [0.1, 0.15) is 6.61 Å². The van der Waals surface area contributed by atoms with Crippen molar-refractivity contribution < 1.29 is 18.3 Å². The number of benzene rings is 2. The molecule has 1 heterocycles. The van der Waals surface area contributed by atoms with Gasteiger partial charge in [-0.1, -0.05) is 47.7 Å². The van der Waals surface area contributed by atoms with Gasteiger partial charge in [0, 0.05) is 5.56 Å². The van der Waals surface area contributed by atoms with Crippen LogP contribution >= 0.6 is 0 Å². The third-order valence-electron chi connectivity index (χ3n) is 3.74. The molecule has 0 amide bonds. The van der Waals surface area contributed by atoms with Crippen molar-refractivity contribution >= 4 is 5.97 Å². The Hall–Kier alpha value is -3.09. The van der Waals surface area contributed by atoms with Gasteiger partial charge < -0.3 is 4.74 Å². The number of rotatable bonds is 5. The predicted octanol–water partition coefficient (Wildman–Crippen LogP) is 3.27. The average Bonchev–Trinajstić information content (AvgIpc) is 2.98. The van der Waals surface area contributed by atoms with Crippen molar-refractivity contribution in [3.63, 3.8) is 0 Å². The summed E-state index contributed by atoms with van der Waals surface area (Å²) >= 11 is 0. The van der Waals surface area contributed by atoms with Crippen molar-refractivity contribution in [2.75, 3.05) is 0 Å². The molecule has 0 aliphatic carbocycles. The summed E-state index contributed by atoms with van der Waals surface area (Å²) in [5.74, 6) is -2.49. The standard InChI is InChI=1S/C18H15F2N3O2/c1-12-17(18(24)25-11-13-6-3-2-4-7-13)21-22-23(12)10-14-8-5-9-15(19)16(14)20/h2-9H,10-11H2,1H3. The third-order valence-corrected chi connectivity index (χ3v) is 3.74. The normalized spacial score (nSPS) is 10.7. The number of halogens is 2. The topological polar surface area (TPSA) is 57.0 Å². The minimum absolute atomic E-state index is 0.0333. The van der Waals surface area contributed by atoms with Gasteiger partial charge in [0.15, 0.2) is 17.3 Å². The molecule has 3 rings (SSSR count). The van der Waals surface area contributed by atoms with Crippen molar-refractivity contribution in [3.05, 3.63) is 82.7 Å². The monoisotopic (exact) mass is 343 g/mol. The Labute approximate surface area is 142 Å². The molecule has 0 fully saturated rings. The van der Waals surface area contributed by atoms with E-state index in [1.807, 2.05) is 30.3 Å². The highest BCUT2D eigenvalue weighted by molar-refractivity contribution is 5.88. The van der Waals surface area contributed by atoms with Gasteiger partial charge in [0.25, 0.3) is 0 Å². The molecule has 0 atom stereocenters. The molecule has 0 radical (unpaired) electrons. The Morgan fingerprint density at radius 1 is 1.12 bits per heavy atom. The molecule has 0 bridgehead atoms. The quantitative estimate of drug-likeness (QED) is 0.667. The van der Waals surface area contributed by atoms with Crippen molar-refractivity contribution in [2.24, 2.45) is 0 Å². The third kappa shape index (κ3) is 3.71. The van der Waals surface area contributed by atoms with E-state index < -0.39 is 17.6 Å². The molecule has 0 saturated carbocycles. The van der Waals surface area contributed by atoms with Gasteiger partial charge >= 0.3 is 5.97 Å². The van der Waals surface area contributed by atoms with E-state index in [-0.39, 0.29) is 24.4 Å². The van der Waals surface area contributed by atoms with Crippen molar-refractivity contribution in [3.8, 4) is 0 Å². The molecule has 0 unspecified atom stereocenters. The zero-order valence-electron chi connectivity index (χ0n) is 13.4. The Morgan fingerprint density at radius 2 is 1.88 bits per heavy atom. The van der Waals surface area contributed by atoms with E-state index in [0.717, 1.165) is 11.6 Å². The van der Waals surface area contributed by atoms with Crippen LogP contribution in [0.1, 0.15) is 27.3 Å². The molecule has 0 spiro atoms. The van der Waals surface area contributed by atoms with Crippen LogP contribution in [0.2, 0.25) is 0 Å². The number of hydrogen-bond acceptors (Lipinski definition) is 4. The van der Waals surface area contributed by atoms with E-state index in [0.29, 0.717) is 5.69 Å². The second kappa shape index (κ2) is 7.21. The summed E-state index contributed by atoms with van der Waals surface area (Å²) in [6.45, 7) is 1.70. The zero-order chi connectivity index (χ0) is 17.8. The maximum Gasteiger partial charge on any atom is 0.361 e. The number of esters is 1. The van der Waals surface area contributed by atoms with Crippen molar-refractivity contribution in [2.45, 2.75) is 20.1 Å². The number of carbonyl (C=O) groups is 1. The number of nitrogens with zero attached hydrogens (tertiary/aromatic N) is 3. The first-order valence-electron chi connectivity index (χ1n) is 7.60. The van der Waals surface area contributed by atoms with Gasteiger partial charge in [-0.15, -0.1) is 5.10 Å². The number of ether oxygens (including phenoxy) is 1. The van der Waals surface area contributed by atoms with Crippen LogP contribution in [0.4, 0.5) is 8.78 Å². The van der Waals surface area contributed by atoms with Crippen LogP contribution in [0.15, 0.2) is 48.5 Å². The zero-order valence-corrected chi connectivity index (χ0v) is 13.4. The SMILES string of the molecule is Cc1c(C(=O)OCc2ccccc2)nnn1Cc1cccc(F)c1F. The summed E-state index contributed by atoms with van der Waals surface area (Å²) in [6, 6.07) is 13.1. The lowest BCUT2D eigenvalue weighted by Crippen LogP contribution is -2.10. The van der Waals surface area contributed by atoms with E-state index >= 15 is 0 Å². The smallest absolute Gasteiger partial charge is 0.361 e. The van der Waals surface area contributed by atoms with Crippen LogP contribution in [0.5, 0.6) is 0 Å². The maximum atomic E-state index is 13.8. The molecule has 128 valence electrons. The molecule has 1 aromatic heterocycles. The maximum absolute atomic E-state index is 13.8. The minimum Gasteiger partial charge on any atom is -0.456 e. The largest absolute Gasteiger partial charge is 0.456 e. The summed E-state index contributed by atoms with van der Waals surface area (Å²) in [5, 5.41) is 7.63. The number of carbonyl (C=O) groups excluding carboxylic acids is 1. The Morgan fingerprint density at radius 3 is 2.64 bits per heavy atom. The second-order valence-electron chi connectivity index (χ2n) is 5.46. The lowest BCUT2D eigenvalue weighted by atomic mass is 10.2. The minimum atomic E-state index is -0.939. The lowest BCUT2D eigenvalue weighted by molar-refractivity contribution is 0.0464. The van der Waals surface area contributed by atoms with Crippen molar-refractivity contribution in [1.82, 2.24) is 15.0 Å². The summed E-state index contributed by atoms with van der Waals surface area (Å²) in [7, 11) is 0. The first-order chi connectivity index (χ1) is 12.1. The van der Waals surface area contributed by atoms with Crippen LogP contribution < -0.4 is 0 Å². The fourth-order valence-corrected chi connectivity index (χ4v) is 2.32.